The lowest BCUT2D eigenvalue weighted by atomic mass is 9.97. The van der Waals surface area contributed by atoms with Crippen molar-refractivity contribution in [2.24, 2.45) is 13.0 Å². The van der Waals surface area contributed by atoms with Crippen LogP contribution in [0.3, 0.4) is 0 Å². The summed E-state index contributed by atoms with van der Waals surface area (Å²) < 4.78 is 2.08. The predicted octanol–water partition coefficient (Wildman–Crippen LogP) is 2.43. The molecular formula is C18H22N2O3. The van der Waals surface area contributed by atoms with Gasteiger partial charge in [-0.3, -0.25) is 9.59 Å². The van der Waals surface area contributed by atoms with Crippen LogP contribution < -0.4 is 0 Å². The molecule has 0 saturated carbocycles. The number of piperidine rings is 1. The van der Waals surface area contributed by atoms with Crippen LogP contribution in [0.4, 0.5) is 0 Å². The van der Waals surface area contributed by atoms with Crippen molar-refractivity contribution in [3.05, 3.63) is 36.0 Å². The van der Waals surface area contributed by atoms with Crippen LogP contribution in [-0.4, -0.2) is 39.5 Å². The molecule has 1 unspecified atom stereocenters. The van der Waals surface area contributed by atoms with E-state index < -0.39 is 11.9 Å². The summed E-state index contributed by atoms with van der Waals surface area (Å²) in [4.78, 5) is 25.2. The third-order valence-corrected chi connectivity index (χ3v) is 4.71. The minimum absolute atomic E-state index is 0.0592. The van der Waals surface area contributed by atoms with E-state index >= 15 is 0 Å². The van der Waals surface area contributed by atoms with E-state index in [0.717, 1.165) is 6.42 Å². The Hall–Kier alpha value is -2.30. The van der Waals surface area contributed by atoms with E-state index in [4.69, 9.17) is 5.11 Å². The molecule has 1 saturated heterocycles. The number of aromatic nitrogens is 1. The quantitative estimate of drug-likeness (QED) is 0.943. The van der Waals surface area contributed by atoms with Crippen LogP contribution in [0.1, 0.15) is 24.8 Å². The highest BCUT2D eigenvalue weighted by molar-refractivity contribution is 5.85. The summed E-state index contributed by atoms with van der Waals surface area (Å²) in [5.74, 6) is -1.15. The second-order valence-electron chi connectivity index (χ2n) is 6.30. The first-order chi connectivity index (χ1) is 11.1. The van der Waals surface area contributed by atoms with E-state index in [9.17, 15) is 9.59 Å². The molecular weight excluding hydrogens is 292 g/mol. The number of amides is 1. The van der Waals surface area contributed by atoms with Crippen molar-refractivity contribution in [1.29, 1.82) is 0 Å². The van der Waals surface area contributed by atoms with Crippen molar-refractivity contribution in [3.8, 4) is 0 Å². The summed E-state index contributed by atoms with van der Waals surface area (Å²) in [6.45, 7) is 1.03. The fourth-order valence-electron chi connectivity index (χ4n) is 3.43. The largest absolute Gasteiger partial charge is 0.481 e. The summed E-state index contributed by atoms with van der Waals surface area (Å²) in [5.41, 5.74) is 2.34. The Balaban J connectivity index is 1.65. The van der Waals surface area contributed by atoms with Gasteiger partial charge in [0.15, 0.2) is 0 Å². The number of likely N-dealkylation sites (tertiary alicyclic amines) is 1. The minimum Gasteiger partial charge on any atom is -0.481 e. The molecule has 1 atom stereocenters. The fraction of sp³-hybridized carbons (Fsp3) is 0.444. The fourth-order valence-corrected chi connectivity index (χ4v) is 3.43. The Morgan fingerprint density at radius 1 is 1.30 bits per heavy atom. The lowest BCUT2D eigenvalue weighted by Gasteiger charge is -2.30. The van der Waals surface area contributed by atoms with E-state index in [1.807, 2.05) is 19.2 Å². The number of aliphatic carboxylic acids is 1. The highest BCUT2D eigenvalue weighted by atomic mass is 16.4. The van der Waals surface area contributed by atoms with Gasteiger partial charge in [0.25, 0.3) is 0 Å². The van der Waals surface area contributed by atoms with Crippen LogP contribution in [0.2, 0.25) is 0 Å². The van der Waals surface area contributed by atoms with Gasteiger partial charge in [0.2, 0.25) is 5.91 Å². The first-order valence-corrected chi connectivity index (χ1v) is 8.10. The van der Waals surface area contributed by atoms with Gasteiger partial charge >= 0.3 is 5.97 Å². The van der Waals surface area contributed by atoms with Crippen molar-refractivity contribution in [3.63, 3.8) is 0 Å². The van der Waals surface area contributed by atoms with Crippen LogP contribution in [0.5, 0.6) is 0 Å². The molecule has 23 heavy (non-hydrogen) atoms. The Kier molecular flexibility index (Phi) is 4.37. The van der Waals surface area contributed by atoms with Gasteiger partial charge in [0.1, 0.15) is 0 Å². The third-order valence-electron chi connectivity index (χ3n) is 4.71. The number of hydrogen-bond acceptors (Lipinski definition) is 2. The predicted molar refractivity (Wildman–Crippen MR) is 88.2 cm³/mol. The van der Waals surface area contributed by atoms with Gasteiger partial charge in [0, 0.05) is 43.7 Å². The maximum atomic E-state index is 12.4. The van der Waals surface area contributed by atoms with Crippen molar-refractivity contribution in [2.75, 3.05) is 13.1 Å². The Morgan fingerprint density at radius 2 is 2.09 bits per heavy atom. The summed E-state index contributed by atoms with van der Waals surface area (Å²) in [6.07, 6.45) is 4.64. The van der Waals surface area contributed by atoms with Gasteiger partial charge in [-0.2, -0.15) is 0 Å². The summed E-state index contributed by atoms with van der Waals surface area (Å²) in [7, 11) is 2.01. The minimum atomic E-state index is -0.795. The molecule has 1 N–H and O–H groups in total. The number of benzene rings is 1. The zero-order chi connectivity index (χ0) is 16.4. The molecule has 5 nitrogen and oxygen atoms in total. The molecule has 0 radical (unpaired) electrons. The topological polar surface area (TPSA) is 62.5 Å². The normalized spacial score (nSPS) is 18.3. The second-order valence-corrected chi connectivity index (χ2v) is 6.30. The Bertz CT molecular complexity index is 735. The van der Waals surface area contributed by atoms with E-state index in [1.54, 1.807) is 4.90 Å². The molecule has 5 heteroatoms. The van der Waals surface area contributed by atoms with Gasteiger partial charge in [-0.1, -0.05) is 18.2 Å². The Labute approximate surface area is 135 Å². The molecule has 0 bridgehead atoms. The third kappa shape index (κ3) is 3.23. The highest BCUT2D eigenvalue weighted by Crippen LogP contribution is 2.23. The number of carboxylic acids is 1. The summed E-state index contributed by atoms with van der Waals surface area (Å²) >= 11 is 0. The van der Waals surface area contributed by atoms with Crippen molar-refractivity contribution < 1.29 is 14.7 Å². The molecule has 1 aliphatic rings. The number of carboxylic acid groups (broad SMARTS) is 1. The highest BCUT2D eigenvalue weighted by Gasteiger charge is 2.27. The standard InChI is InChI=1S/C18H22N2O3/c1-19-11-13(15-6-2-3-7-16(15)19)8-9-17(21)20-10-4-5-14(12-20)18(22)23/h2-3,6-7,11,14H,4-5,8-10,12H2,1H3,(H,22,23). The Morgan fingerprint density at radius 3 is 2.87 bits per heavy atom. The molecule has 0 aliphatic carbocycles. The summed E-state index contributed by atoms with van der Waals surface area (Å²) in [6, 6.07) is 8.17. The van der Waals surface area contributed by atoms with Gasteiger partial charge in [-0.05, 0) is 30.9 Å². The molecule has 0 spiro atoms. The molecule has 1 fully saturated rings. The van der Waals surface area contributed by atoms with E-state index in [2.05, 4.69) is 22.9 Å². The van der Waals surface area contributed by atoms with E-state index in [-0.39, 0.29) is 5.91 Å². The SMILES string of the molecule is Cn1cc(CCC(=O)N2CCCC(C(=O)O)C2)c2ccccc21. The van der Waals surface area contributed by atoms with Gasteiger partial charge in [-0.25, -0.2) is 0 Å². The lowest BCUT2D eigenvalue weighted by molar-refractivity contribution is -0.145. The monoisotopic (exact) mass is 314 g/mol. The average molecular weight is 314 g/mol. The zero-order valence-corrected chi connectivity index (χ0v) is 13.4. The molecule has 2 aromatic rings. The second kappa shape index (κ2) is 6.44. The zero-order valence-electron chi connectivity index (χ0n) is 13.4. The van der Waals surface area contributed by atoms with Crippen LogP contribution in [0, 0.1) is 5.92 Å². The average Bonchev–Trinajstić information content (AvgIpc) is 2.89. The molecule has 1 aromatic heterocycles. The number of hydrogen-bond donors (Lipinski definition) is 1. The number of fused-ring (bicyclic) bond motifs is 1. The van der Waals surface area contributed by atoms with Crippen LogP contribution in [0.25, 0.3) is 10.9 Å². The number of carbonyl (C=O) groups excluding carboxylic acids is 1. The molecule has 1 amide bonds. The summed E-state index contributed by atoms with van der Waals surface area (Å²) in [5, 5.41) is 10.3. The first kappa shape index (κ1) is 15.6. The number of para-hydroxylation sites is 1. The number of carbonyl (C=O) groups is 2. The van der Waals surface area contributed by atoms with Crippen molar-refractivity contribution >= 4 is 22.8 Å². The maximum Gasteiger partial charge on any atom is 0.308 e. The van der Waals surface area contributed by atoms with E-state index in [1.165, 1.54) is 16.5 Å². The number of nitrogens with zero attached hydrogens (tertiary/aromatic N) is 2. The molecule has 1 aromatic carbocycles. The number of rotatable bonds is 4. The molecule has 3 rings (SSSR count). The van der Waals surface area contributed by atoms with Crippen LogP contribution in [0.15, 0.2) is 30.5 Å². The van der Waals surface area contributed by atoms with E-state index in [0.29, 0.717) is 32.4 Å². The lowest BCUT2D eigenvalue weighted by Crippen LogP contribution is -2.42. The van der Waals surface area contributed by atoms with Gasteiger partial charge < -0.3 is 14.6 Å². The van der Waals surface area contributed by atoms with Gasteiger partial charge in [-0.15, -0.1) is 0 Å². The van der Waals surface area contributed by atoms with Crippen LogP contribution >= 0.6 is 0 Å². The van der Waals surface area contributed by atoms with Gasteiger partial charge in [0.05, 0.1) is 5.92 Å². The smallest absolute Gasteiger partial charge is 0.308 e. The van der Waals surface area contributed by atoms with Crippen LogP contribution in [-0.2, 0) is 23.1 Å². The molecule has 2 heterocycles. The first-order valence-electron chi connectivity index (χ1n) is 8.10. The van der Waals surface area contributed by atoms with Crippen molar-refractivity contribution in [1.82, 2.24) is 9.47 Å². The number of aryl methyl sites for hydroxylation is 2. The van der Waals surface area contributed by atoms with Crippen molar-refractivity contribution in [2.45, 2.75) is 25.7 Å². The molecule has 1 aliphatic heterocycles. The maximum absolute atomic E-state index is 12.4. The molecule has 122 valence electrons.